The zero-order valence-corrected chi connectivity index (χ0v) is 34.8. The van der Waals surface area contributed by atoms with E-state index in [0.29, 0.717) is 30.6 Å². The van der Waals surface area contributed by atoms with Gasteiger partial charge in [-0.1, -0.05) is 0 Å². The van der Waals surface area contributed by atoms with Crippen LogP contribution in [0.5, 0.6) is 11.5 Å². The number of ether oxygens (including phenoxy) is 2. The van der Waals surface area contributed by atoms with Gasteiger partial charge in [-0.2, -0.15) is 0 Å². The average Bonchev–Trinajstić information content (AvgIpc) is 3.51. The van der Waals surface area contributed by atoms with Gasteiger partial charge in [-0.25, -0.2) is 4.79 Å². The quantitative estimate of drug-likeness (QED) is 0.280. The number of aromatic nitrogens is 1. The minimum absolute atomic E-state index is 0.0880. The lowest BCUT2D eigenvalue weighted by Gasteiger charge is -2.39. The standard InChI is InChI=1S/C43H53N9O8/c1-44-43(58)51-10-9-29-32(24-46(2)40(55)33(29)26-51)27-21-36(59-3)34(37(22-27)60-4)25-49-15-13-47(14-16-49)11-12-48-17-19-50(20-18-48)28-5-6-30-31(23-28)42(57)52(41(30)56)35-7-8-38(53)45-39(35)54/h5-6,21-24,35H,7-20,25-26H2,1-4H3,(H,44,58)(H,45,53,54). The number of methoxy groups -OCH3 is 2. The van der Waals surface area contributed by atoms with Gasteiger partial charge in [0.2, 0.25) is 11.8 Å². The fourth-order valence-electron chi connectivity index (χ4n) is 9.24. The molecule has 3 saturated heterocycles. The molecular formula is C43H53N9O8. The maximum absolute atomic E-state index is 13.3. The number of nitrogens with zero attached hydrogens (tertiary/aromatic N) is 7. The van der Waals surface area contributed by atoms with Crippen molar-refractivity contribution in [1.82, 2.24) is 39.7 Å². The van der Waals surface area contributed by atoms with Crippen LogP contribution >= 0.6 is 0 Å². The molecule has 6 heterocycles. The Morgan fingerprint density at radius 1 is 0.767 bits per heavy atom. The SMILES string of the molecule is CNC(=O)N1CCc2c(-c3cc(OC)c(CN4CCN(CCN5CCN(c6ccc7c(c6)C(=O)N(C6CCC(=O)NC6=O)C7=O)CC5)CC4)c(OC)c3)cn(C)c(=O)c2C1. The smallest absolute Gasteiger partial charge is 0.317 e. The second kappa shape index (κ2) is 17.1. The maximum Gasteiger partial charge on any atom is 0.317 e. The number of anilines is 1. The predicted molar refractivity (Wildman–Crippen MR) is 222 cm³/mol. The van der Waals surface area contributed by atoms with E-state index >= 15 is 0 Å². The molecule has 1 atom stereocenters. The number of rotatable bonds is 10. The normalized spacial score (nSPS) is 20.3. The van der Waals surface area contributed by atoms with E-state index in [-0.39, 0.29) is 36.5 Å². The number of hydrogen-bond donors (Lipinski definition) is 2. The van der Waals surface area contributed by atoms with Gasteiger partial charge in [-0.05, 0) is 54.3 Å². The van der Waals surface area contributed by atoms with Gasteiger partial charge < -0.3 is 29.2 Å². The molecule has 1 unspecified atom stereocenters. The van der Waals surface area contributed by atoms with Crippen molar-refractivity contribution in [3.8, 4) is 22.6 Å². The van der Waals surface area contributed by atoms with Crippen molar-refractivity contribution < 1.29 is 33.4 Å². The van der Waals surface area contributed by atoms with Gasteiger partial charge in [0.15, 0.2) is 0 Å². The molecule has 6 amide bonds. The van der Waals surface area contributed by atoms with Crippen LogP contribution in [0, 0.1) is 0 Å². The summed E-state index contributed by atoms with van der Waals surface area (Å²) in [5, 5.41) is 4.91. The van der Waals surface area contributed by atoms with Crippen molar-refractivity contribution in [2.45, 2.75) is 38.4 Å². The molecule has 60 heavy (non-hydrogen) atoms. The first-order chi connectivity index (χ1) is 29.0. The van der Waals surface area contributed by atoms with E-state index < -0.39 is 29.7 Å². The highest BCUT2D eigenvalue weighted by atomic mass is 16.5. The number of imide groups is 2. The molecule has 17 heteroatoms. The van der Waals surface area contributed by atoms with Crippen molar-refractivity contribution in [3.05, 3.63) is 74.7 Å². The van der Waals surface area contributed by atoms with Gasteiger partial charge in [0, 0.05) is 122 Å². The van der Waals surface area contributed by atoms with Gasteiger partial charge in [0.25, 0.3) is 17.4 Å². The molecule has 5 aliphatic rings. The zero-order valence-electron chi connectivity index (χ0n) is 34.8. The second-order valence-corrected chi connectivity index (χ2v) is 16.1. The van der Waals surface area contributed by atoms with Crippen LogP contribution in [0.2, 0.25) is 0 Å². The minimum atomic E-state index is -0.978. The Hall–Kier alpha value is -5.78. The number of benzene rings is 2. The Balaban J connectivity index is 0.838. The Morgan fingerprint density at radius 3 is 2.03 bits per heavy atom. The van der Waals surface area contributed by atoms with Crippen LogP contribution in [-0.4, -0.2) is 158 Å². The molecule has 0 bridgehead atoms. The number of carbonyl (C=O) groups is 5. The molecule has 2 N–H and O–H groups in total. The Morgan fingerprint density at radius 2 is 1.40 bits per heavy atom. The van der Waals surface area contributed by atoms with Crippen molar-refractivity contribution in [3.63, 3.8) is 0 Å². The van der Waals surface area contributed by atoms with Gasteiger partial charge >= 0.3 is 6.03 Å². The Bertz CT molecular complexity index is 2250. The first kappa shape index (κ1) is 41.0. The van der Waals surface area contributed by atoms with Crippen LogP contribution < -0.4 is 30.6 Å². The number of amides is 6. The number of pyridine rings is 1. The number of carbonyl (C=O) groups excluding carboxylic acids is 5. The minimum Gasteiger partial charge on any atom is -0.496 e. The summed E-state index contributed by atoms with van der Waals surface area (Å²) in [4.78, 5) is 88.5. The first-order valence-corrected chi connectivity index (χ1v) is 20.7. The van der Waals surface area contributed by atoms with Crippen LogP contribution in [0.1, 0.15) is 50.2 Å². The summed E-state index contributed by atoms with van der Waals surface area (Å²) in [5.74, 6) is -0.534. The average molecular weight is 824 g/mol. The van der Waals surface area contributed by atoms with E-state index in [1.807, 2.05) is 24.4 Å². The molecule has 17 nitrogen and oxygen atoms in total. The largest absolute Gasteiger partial charge is 0.496 e. The number of aryl methyl sites for hydroxylation is 1. The highest BCUT2D eigenvalue weighted by Crippen LogP contribution is 2.38. The van der Waals surface area contributed by atoms with E-state index in [1.54, 1.807) is 49.9 Å². The molecule has 318 valence electrons. The van der Waals surface area contributed by atoms with Crippen LogP contribution in [0.15, 0.2) is 41.3 Å². The lowest BCUT2D eigenvalue weighted by atomic mass is 9.91. The molecular weight excluding hydrogens is 771 g/mol. The van der Waals surface area contributed by atoms with Crippen molar-refractivity contribution in [1.29, 1.82) is 0 Å². The molecule has 0 saturated carbocycles. The number of hydrogen-bond acceptors (Lipinski definition) is 12. The maximum atomic E-state index is 13.3. The number of piperidine rings is 1. The third-order valence-corrected chi connectivity index (χ3v) is 12.7. The van der Waals surface area contributed by atoms with E-state index in [2.05, 4.69) is 30.2 Å². The summed E-state index contributed by atoms with van der Waals surface area (Å²) in [5.41, 5.74) is 5.75. The summed E-state index contributed by atoms with van der Waals surface area (Å²) < 4.78 is 13.5. The van der Waals surface area contributed by atoms with E-state index in [9.17, 15) is 28.8 Å². The molecule has 5 aliphatic heterocycles. The van der Waals surface area contributed by atoms with Crippen LogP contribution in [0.4, 0.5) is 10.5 Å². The number of nitrogens with one attached hydrogen (secondary N) is 2. The number of urea groups is 1. The van der Waals surface area contributed by atoms with Crippen LogP contribution in [-0.2, 0) is 36.1 Å². The third-order valence-electron chi connectivity index (χ3n) is 12.7. The summed E-state index contributed by atoms with van der Waals surface area (Å²) in [6, 6.07) is 8.19. The molecule has 3 fully saturated rings. The van der Waals surface area contributed by atoms with Crippen molar-refractivity contribution in [2.75, 3.05) is 98.2 Å². The van der Waals surface area contributed by atoms with E-state index in [0.717, 1.165) is 110 Å². The summed E-state index contributed by atoms with van der Waals surface area (Å²) in [6.07, 6.45) is 2.66. The zero-order chi connectivity index (χ0) is 42.2. The van der Waals surface area contributed by atoms with E-state index in [4.69, 9.17) is 9.47 Å². The highest BCUT2D eigenvalue weighted by Gasteiger charge is 2.45. The van der Waals surface area contributed by atoms with Gasteiger partial charge in [-0.3, -0.25) is 48.9 Å². The first-order valence-electron chi connectivity index (χ1n) is 20.7. The molecule has 1 aromatic heterocycles. The molecule has 3 aromatic rings. The summed E-state index contributed by atoms with van der Waals surface area (Å²) in [7, 11) is 6.68. The van der Waals surface area contributed by atoms with Gasteiger partial charge in [0.05, 0.1) is 37.5 Å². The lowest BCUT2D eigenvalue weighted by Crippen LogP contribution is -2.54. The van der Waals surface area contributed by atoms with Crippen molar-refractivity contribution >= 4 is 35.3 Å². The van der Waals surface area contributed by atoms with E-state index in [1.165, 1.54) is 0 Å². The fourth-order valence-corrected chi connectivity index (χ4v) is 9.24. The molecule has 0 spiro atoms. The number of piperazine rings is 2. The monoisotopic (exact) mass is 823 g/mol. The Kier molecular flexibility index (Phi) is 11.7. The topological polar surface area (TPSA) is 169 Å². The predicted octanol–water partition coefficient (Wildman–Crippen LogP) is 1.11. The van der Waals surface area contributed by atoms with Crippen molar-refractivity contribution in [2.24, 2.45) is 7.05 Å². The van der Waals surface area contributed by atoms with Gasteiger partial charge in [-0.15, -0.1) is 0 Å². The molecule has 0 aliphatic carbocycles. The highest BCUT2D eigenvalue weighted by molar-refractivity contribution is 6.23. The van der Waals surface area contributed by atoms with Crippen LogP contribution in [0.25, 0.3) is 11.1 Å². The second-order valence-electron chi connectivity index (χ2n) is 16.1. The van der Waals surface area contributed by atoms with Gasteiger partial charge in [0.1, 0.15) is 17.5 Å². The third kappa shape index (κ3) is 7.84. The lowest BCUT2D eigenvalue weighted by molar-refractivity contribution is -0.136. The molecule has 8 rings (SSSR count). The Labute approximate surface area is 348 Å². The summed E-state index contributed by atoms with van der Waals surface area (Å²) >= 11 is 0. The molecule has 2 aromatic carbocycles. The summed E-state index contributed by atoms with van der Waals surface area (Å²) in [6.45, 7) is 10.4. The molecule has 0 radical (unpaired) electrons. The van der Waals surface area contributed by atoms with Crippen LogP contribution in [0.3, 0.4) is 0 Å². The fraction of sp³-hybridized carbons (Fsp3) is 0.488. The number of fused-ring (bicyclic) bond motifs is 2.